The average Bonchev–Trinajstić information content (AvgIpc) is 2.29. The normalized spacial score (nSPS) is 10.9. The van der Waals surface area contributed by atoms with Crippen LogP contribution in [0.5, 0.6) is 0 Å². The molecule has 0 amide bonds. The quantitative estimate of drug-likeness (QED) is 0.609. The highest BCUT2D eigenvalue weighted by molar-refractivity contribution is 6.35. The second-order valence-corrected chi connectivity index (χ2v) is 3.25. The van der Waals surface area contributed by atoms with Gasteiger partial charge >= 0.3 is 0 Å². The van der Waals surface area contributed by atoms with E-state index in [-0.39, 0.29) is 0 Å². The number of nitrogens with zero attached hydrogens (tertiary/aromatic N) is 2. The third kappa shape index (κ3) is 0.916. The highest BCUT2D eigenvalue weighted by Gasteiger charge is 2.06. The number of hydrogen-bond acceptors (Lipinski definition) is 1. The van der Waals surface area contributed by atoms with Gasteiger partial charge < -0.3 is 0 Å². The summed E-state index contributed by atoms with van der Waals surface area (Å²) in [6, 6.07) is 5.84. The largest absolute Gasteiger partial charge is 0.268 e. The van der Waals surface area contributed by atoms with E-state index >= 15 is 0 Å². The maximum absolute atomic E-state index is 6.02. The number of halogens is 1. The minimum Gasteiger partial charge on any atom is -0.268 e. The number of benzene rings is 1. The van der Waals surface area contributed by atoms with Crippen molar-refractivity contribution >= 4 is 22.5 Å². The molecule has 1 aromatic carbocycles. The van der Waals surface area contributed by atoms with Gasteiger partial charge in [-0.05, 0) is 19.1 Å². The van der Waals surface area contributed by atoms with Crippen molar-refractivity contribution in [1.82, 2.24) is 9.78 Å². The van der Waals surface area contributed by atoms with Crippen molar-refractivity contribution in [3.05, 3.63) is 28.9 Å². The Labute approximate surface area is 75.8 Å². The van der Waals surface area contributed by atoms with Crippen molar-refractivity contribution < 1.29 is 0 Å². The Hall–Kier alpha value is -1.02. The fourth-order valence-corrected chi connectivity index (χ4v) is 1.78. The molecule has 2 rings (SSSR count). The fourth-order valence-electron chi connectivity index (χ4n) is 1.47. The highest BCUT2D eigenvalue weighted by Crippen LogP contribution is 2.25. The smallest absolute Gasteiger partial charge is 0.0696 e. The molecule has 0 unspecified atom stereocenters. The summed E-state index contributed by atoms with van der Waals surface area (Å²) in [6.45, 7) is 1.97. The van der Waals surface area contributed by atoms with Crippen LogP contribution >= 0.6 is 11.6 Å². The standard InChI is InChI=1S/C9H9ClN2/c1-6-9-7(10)4-3-5-8(9)12(2)11-6/h3-5H,1-2H3. The van der Waals surface area contributed by atoms with Crippen molar-refractivity contribution in [3.8, 4) is 0 Å². The van der Waals surface area contributed by atoms with E-state index < -0.39 is 0 Å². The van der Waals surface area contributed by atoms with Crippen molar-refractivity contribution in [3.63, 3.8) is 0 Å². The van der Waals surface area contributed by atoms with E-state index in [1.165, 1.54) is 0 Å². The Kier molecular flexibility index (Phi) is 1.58. The first-order valence-corrected chi connectivity index (χ1v) is 4.16. The van der Waals surface area contributed by atoms with Crippen LogP contribution in [0.25, 0.3) is 10.9 Å². The van der Waals surface area contributed by atoms with Crippen LogP contribution in [-0.4, -0.2) is 9.78 Å². The maximum Gasteiger partial charge on any atom is 0.0696 e. The third-order valence-electron chi connectivity index (χ3n) is 2.00. The number of fused-ring (bicyclic) bond motifs is 1. The van der Waals surface area contributed by atoms with Gasteiger partial charge in [-0.25, -0.2) is 0 Å². The van der Waals surface area contributed by atoms with E-state index in [0.29, 0.717) is 0 Å². The van der Waals surface area contributed by atoms with Crippen molar-refractivity contribution in [2.24, 2.45) is 7.05 Å². The van der Waals surface area contributed by atoms with Gasteiger partial charge in [0.2, 0.25) is 0 Å². The zero-order valence-corrected chi connectivity index (χ0v) is 7.76. The molecular weight excluding hydrogens is 172 g/mol. The van der Waals surface area contributed by atoms with Crippen LogP contribution in [-0.2, 0) is 7.05 Å². The summed E-state index contributed by atoms with van der Waals surface area (Å²) in [6.07, 6.45) is 0. The Morgan fingerprint density at radius 1 is 1.42 bits per heavy atom. The number of aryl methyl sites for hydroxylation is 2. The van der Waals surface area contributed by atoms with Crippen LogP contribution in [0.4, 0.5) is 0 Å². The van der Waals surface area contributed by atoms with Crippen molar-refractivity contribution in [2.45, 2.75) is 6.92 Å². The van der Waals surface area contributed by atoms with Crippen LogP contribution in [0.15, 0.2) is 18.2 Å². The van der Waals surface area contributed by atoms with E-state index in [1.54, 1.807) is 0 Å². The molecule has 0 radical (unpaired) electrons. The summed E-state index contributed by atoms with van der Waals surface area (Å²) < 4.78 is 1.84. The summed E-state index contributed by atoms with van der Waals surface area (Å²) in [5, 5.41) is 6.12. The molecule has 1 heterocycles. The Bertz CT molecular complexity index is 431. The molecule has 0 saturated carbocycles. The van der Waals surface area contributed by atoms with E-state index in [0.717, 1.165) is 21.6 Å². The highest BCUT2D eigenvalue weighted by atomic mass is 35.5. The van der Waals surface area contributed by atoms with Gasteiger partial charge in [0.05, 0.1) is 16.2 Å². The lowest BCUT2D eigenvalue weighted by atomic mass is 10.2. The monoisotopic (exact) mass is 180 g/mol. The second kappa shape index (κ2) is 2.49. The lowest BCUT2D eigenvalue weighted by molar-refractivity contribution is 0.783. The van der Waals surface area contributed by atoms with Crippen LogP contribution in [0.3, 0.4) is 0 Å². The molecule has 0 N–H and O–H groups in total. The first-order valence-electron chi connectivity index (χ1n) is 3.78. The molecule has 0 aliphatic heterocycles. The molecule has 1 aromatic heterocycles. The number of hydrogen-bond donors (Lipinski definition) is 0. The Morgan fingerprint density at radius 3 is 2.83 bits per heavy atom. The Morgan fingerprint density at radius 2 is 2.17 bits per heavy atom. The summed E-state index contributed by atoms with van der Waals surface area (Å²) in [5.41, 5.74) is 2.07. The lowest BCUT2D eigenvalue weighted by Gasteiger charge is -1.94. The van der Waals surface area contributed by atoms with Gasteiger partial charge in [0.15, 0.2) is 0 Å². The van der Waals surface area contributed by atoms with Crippen molar-refractivity contribution in [2.75, 3.05) is 0 Å². The molecule has 2 aromatic rings. The molecule has 12 heavy (non-hydrogen) atoms. The van der Waals surface area contributed by atoms with E-state index in [4.69, 9.17) is 11.6 Å². The zero-order valence-electron chi connectivity index (χ0n) is 7.00. The fraction of sp³-hybridized carbons (Fsp3) is 0.222. The van der Waals surface area contributed by atoms with E-state index in [1.807, 2.05) is 36.9 Å². The van der Waals surface area contributed by atoms with Gasteiger partial charge in [0.1, 0.15) is 0 Å². The molecule has 0 atom stereocenters. The van der Waals surface area contributed by atoms with E-state index in [9.17, 15) is 0 Å². The second-order valence-electron chi connectivity index (χ2n) is 2.84. The molecule has 0 spiro atoms. The molecule has 3 heteroatoms. The average molecular weight is 181 g/mol. The predicted molar refractivity (Wildman–Crippen MR) is 50.5 cm³/mol. The van der Waals surface area contributed by atoms with Gasteiger partial charge in [-0.15, -0.1) is 0 Å². The molecule has 0 aliphatic rings. The summed E-state index contributed by atoms with van der Waals surface area (Å²) in [4.78, 5) is 0. The SMILES string of the molecule is Cc1nn(C)c2cccc(Cl)c12. The topological polar surface area (TPSA) is 17.8 Å². The molecule has 0 aliphatic carbocycles. The Balaban J connectivity index is 2.99. The predicted octanol–water partition coefficient (Wildman–Crippen LogP) is 2.54. The molecule has 2 nitrogen and oxygen atoms in total. The number of rotatable bonds is 0. The van der Waals surface area contributed by atoms with Crippen LogP contribution in [0.2, 0.25) is 5.02 Å². The minimum atomic E-state index is 0.776. The molecule has 0 fully saturated rings. The van der Waals surface area contributed by atoms with Gasteiger partial charge in [-0.2, -0.15) is 5.10 Å². The van der Waals surface area contributed by atoms with Crippen LogP contribution in [0.1, 0.15) is 5.69 Å². The van der Waals surface area contributed by atoms with Gasteiger partial charge in [0, 0.05) is 12.4 Å². The lowest BCUT2D eigenvalue weighted by Crippen LogP contribution is -1.88. The van der Waals surface area contributed by atoms with Gasteiger partial charge in [0.25, 0.3) is 0 Å². The minimum absolute atomic E-state index is 0.776. The summed E-state index contributed by atoms with van der Waals surface area (Å²) >= 11 is 6.02. The van der Waals surface area contributed by atoms with Crippen LogP contribution < -0.4 is 0 Å². The maximum atomic E-state index is 6.02. The molecule has 62 valence electrons. The first kappa shape index (κ1) is 7.62. The van der Waals surface area contributed by atoms with Crippen molar-refractivity contribution in [1.29, 1.82) is 0 Å². The number of aromatic nitrogens is 2. The van der Waals surface area contributed by atoms with Crippen LogP contribution in [0, 0.1) is 6.92 Å². The molecule has 0 saturated heterocycles. The molecular formula is C9H9ClN2. The first-order chi connectivity index (χ1) is 5.70. The summed E-state index contributed by atoms with van der Waals surface area (Å²) in [5.74, 6) is 0. The zero-order chi connectivity index (χ0) is 8.72. The third-order valence-corrected chi connectivity index (χ3v) is 2.32. The van der Waals surface area contributed by atoms with Gasteiger partial charge in [-0.1, -0.05) is 17.7 Å². The molecule has 0 bridgehead atoms. The van der Waals surface area contributed by atoms with Gasteiger partial charge in [-0.3, -0.25) is 4.68 Å². The summed E-state index contributed by atoms with van der Waals surface area (Å²) in [7, 11) is 1.92. The van der Waals surface area contributed by atoms with E-state index in [2.05, 4.69) is 5.10 Å².